The van der Waals surface area contributed by atoms with Crippen LogP contribution in [-0.4, -0.2) is 22.2 Å². The second-order valence-electron chi connectivity index (χ2n) is 3.54. The summed E-state index contributed by atoms with van der Waals surface area (Å²) >= 11 is 4.82. The van der Waals surface area contributed by atoms with Gasteiger partial charge in [-0.3, -0.25) is 4.79 Å². The van der Waals surface area contributed by atoms with Gasteiger partial charge in [0.15, 0.2) is 0 Å². The Kier molecular flexibility index (Phi) is 2.88. The van der Waals surface area contributed by atoms with E-state index < -0.39 is 0 Å². The Hall–Kier alpha value is -0.420. The lowest BCUT2D eigenvalue weighted by atomic mass is 10.2. The van der Waals surface area contributed by atoms with Crippen LogP contribution >= 0.6 is 27.5 Å². The smallest absolute Gasteiger partial charge is 0.228 e. The summed E-state index contributed by atoms with van der Waals surface area (Å²) in [4.78, 5) is 13.5. The molecule has 76 valence electrons. The van der Waals surface area contributed by atoms with Gasteiger partial charge in [-0.05, 0) is 30.4 Å². The zero-order chi connectivity index (χ0) is 10.1. The maximum absolute atomic E-state index is 11.6. The summed E-state index contributed by atoms with van der Waals surface area (Å²) in [5.41, 5.74) is 0.986. The Labute approximate surface area is 95.4 Å². The molecule has 1 saturated heterocycles. The molecule has 1 atom stereocenters. The lowest BCUT2D eigenvalue weighted by molar-refractivity contribution is -0.117. The van der Waals surface area contributed by atoms with E-state index in [4.69, 9.17) is 0 Å². The second-order valence-corrected chi connectivity index (χ2v) is 4.97. The van der Waals surface area contributed by atoms with Gasteiger partial charge in [0, 0.05) is 18.3 Å². The average molecular weight is 275 g/mol. The van der Waals surface area contributed by atoms with Crippen molar-refractivity contribution in [1.82, 2.24) is 4.37 Å². The molecule has 2 rings (SSSR count). The molecule has 0 bridgehead atoms. The van der Waals surface area contributed by atoms with Crippen LogP contribution in [0.3, 0.4) is 0 Å². The van der Waals surface area contributed by atoms with E-state index in [1.165, 1.54) is 11.5 Å². The summed E-state index contributed by atoms with van der Waals surface area (Å²) in [5, 5.41) is 1.88. The number of carbonyl (C=O) groups excluding carboxylic acids is 1. The van der Waals surface area contributed by atoms with Crippen molar-refractivity contribution in [2.24, 2.45) is 5.92 Å². The topological polar surface area (TPSA) is 33.2 Å². The van der Waals surface area contributed by atoms with Crippen molar-refractivity contribution in [3.05, 3.63) is 11.8 Å². The Bertz CT molecular complexity index is 352. The van der Waals surface area contributed by atoms with E-state index in [9.17, 15) is 4.79 Å². The van der Waals surface area contributed by atoms with E-state index in [1.807, 2.05) is 17.9 Å². The first-order chi connectivity index (χ1) is 6.70. The van der Waals surface area contributed by atoms with Crippen LogP contribution in [-0.2, 0) is 4.79 Å². The van der Waals surface area contributed by atoms with Gasteiger partial charge >= 0.3 is 0 Å². The van der Waals surface area contributed by atoms with Gasteiger partial charge in [-0.1, -0.05) is 15.9 Å². The average Bonchev–Trinajstić information content (AvgIpc) is 2.71. The molecule has 1 aromatic heterocycles. The van der Waals surface area contributed by atoms with Crippen molar-refractivity contribution in [2.45, 2.75) is 13.3 Å². The standard InChI is InChI=1S/C9H11BrN2OS/c1-6-2-9(14-11-6)12-5-7(4-10)3-8(12)13/h2,7H,3-5H2,1H3. The van der Waals surface area contributed by atoms with Gasteiger partial charge in [-0.2, -0.15) is 4.37 Å². The highest BCUT2D eigenvalue weighted by atomic mass is 79.9. The molecule has 5 heteroatoms. The maximum Gasteiger partial charge on any atom is 0.228 e. The zero-order valence-electron chi connectivity index (χ0n) is 7.86. The lowest BCUT2D eigenvalue weighted by Gasteiger charge is -2.12. The Morgan fingerprint density at radius 2 is 2.57 bits per heavy atom. The Morgan fingerprint density at radius 1 is 1.79 bits per heavy atom. The van der Waals surface area contributed by atoms with Crippen LogP contribution in [0.15, 0.2) is 6.07 Å². The predicted molar refractivity (Wildman–Crippen MR) is 61.1 cm³/mol. The highest BCUT2D eigenvalue weighted by Gasteiger charge is 2.30. The van der Waals surface area contributed by atoms with Gasteiger partial charge in [0.2, 0.25) is 5.91 Å². The van der Waals surface area contributed by atoms with E-state index in [1.54, 1.807) is 0 Å². The molecule has 1 unspecified atom stereocenters. The number of anilines is 1. The summed E-state index contributed by atoms with van der Waals surface area (Å²) in [7, 11) is 0. The molecule has 14 heavy (non-hydrogen) atoms. The predicted octanol–water partition coefficient (Wildman–Crippen LogP) is 2.20. The fraction of sp³-hybridized carbons (Fsp3) is 0.556. The van der Waals surface area contributed by atoms with Crippen LogP contribution in [0.4, 0.5) is 5.00 Å². The fourth-order valence-electron chi connectivity index (χ4n) is 1.58. The number of aryl methyl sites for hydroxylation is 1. The number of hydrogen-bond donors (Lipinski definition) is 0. The summed E-state index contributed by atoms with van der Waals surface area (Å²) in [6.07, 6.45) is 0.655. The minimum absolute atomic E-state index is 0.220. The molecule has 1 fully saturated rings. The van der Waals surface area contributed by atoms with Gasteiger partial charge in [0.1, 0.15) is 5.00 Å². The molecule has 2 heterocycles. The highest BCUT2D eigenvalue weighted by molar-refractivity contribution is 9.09. The largest absolute Gasteiger partial charge is 0.302 e. The molecule has 1 aromatic rings. The van der Waals surface area contributed by atoms with Crippen LogP contribution in [0.2, 0.25) is 0 Å². The Balaban J connectivity index is 2.16. The fourth-order valence-corrected chi connectivity index (χ4v) is 2.80. The first kappa shape index (κ1) is 10.1. The van der Waals surface area contributed by atoms with E-state index in [-0.39, 0.29) is 5.91 Å². The van der Waals surface area contributed by atoms with Crippen molar-refractivity contribution < 1.29 is 4.79 Å². The van der Waals surface area contributed by atoms with Crippen molar-refractivity contribution in [2.75, 3.05) is 16.8 Å². The molecule has 1 amide bonds. The summed E-state index contributed by atoms with van der Waals surface area (Å²) < 4.78 is 4.18. The Morgan fingerprint density at radius 3 is 3.07 bits per heavy atom. The minimum atomic E-state index is 0.220. The van der Waals surface area contributed by atoms with Crippen molar-refractivity contribution >= 4 is 38.4 Å². The molecule has 0 radical (unpaired) electrons. The number of hydrogen-bond acceptors (Lipinski definition) is 3. The van der Waals surface area contributed by atoms with Crippen molar-refractivity contribution in [1.29, 1.82) is 0 Å². The molecule has 3 nitrogen and oxygen atoms in total. The van der Waals surface area contributed by atoms with E-state index in [2.05, 4.69) is 20.3 Å². The molecule has 1 aliphatic heterocycles. The summed E-state index contributed by atoms with van der Waals surface area (Å²) in [6, 6.07) is 1.97. The van der Waals surface area contributed by atoms with E-state index in [0.29, 0.717) is 12.3 Å². The van der Waals surface area contributed by atoms with Gasteiger partial charge in [-0.25, -0.2) is 0 Å². The third-order valence-corrected chi connectivity index (χ3v) is 4.13. The second kappa shape index (κ2) is 3.98. The summed E-state index contributed by atoms with van der Waals surface area (Å²) in [6.45, 7) is 2.77. The lowest BCUT2D eigenvalue weighted by Crippen LogP contribution is -2.23. The normalized spacial score (nSPS) is 22.0. The molecular formula is C9H11BrN2OS. The highest BCUT2D eigenvalue weighted by Crippen LogP contribution is 2.29. The number of aromatic nitrogens is 1. The molecule has 1 aliphatic rings. The van der Waals surface area contributed by atoms with Gasteiger partial charge in [-0.15, -0.1) is 0 Å². The third-order valence-electron chi connectivity index (χ3n) is 2.30. The molecule has 0 N–H and O–H groups in total. The monoisotopic (exact) mass is 274 g/mol. The van der Waals surface area contributed by atoms with Crippen LogP contribution in [0.25, 0.3) is 0 Å². The zero-order valence-corrected chi connectivity index (χ0v) is 10.3. The molecule has 0 aliphatic carbocycles. The number of rotatable bonds is 2. The van der Waals surface area contributed by atoms with Crippen LogP contribution in [0, 0.1) is 12.8 Å². The minimum Gasteiger partial charge on any atom is -0.302 e. The number of halogens is 1. The van der Waals surface area contributed by atoms with Crippen molar-refractivity contribution in [3.8, 4) is 0 Å². The molecular weight excluding hydrogens is 264 g/mol. The van der Waals surface area contributed by atoms with Crippen molar-refractivity contribution in [3.63, 3.8) is 0 Å². The first-order valence-corrected chi connectivity index (χ1v) is 6.40. The summed E-state index contributed by atoms with van der Waals surface area (Å²) in [5.74, 6) is 0.669. The maximum atomic E-state index is 11.6. The molecule has 0 saturated carbocycles. The van der Waals surface area contributed by atoms with E-state index >= 15 is 0 Å². The first-order valence-electron chi connectivity index (χ1n) is 4.50. The van der Waals surface area contributed by atoms with Gasteiger partial charge in [0.05, 0.1) is 5.69 Å². The van der Waals surface area contributed by atoms with Crippen LogP contribution in [0.5, 0.6) is 0 Å². The third kappa shape index (κ3) is 1.83. The number of carbonyl (C=O) groups is 1. The van der Waals surface area contributed by atoms with Gasteiger partial charge in [0.25, 0.3) is 0 Å². The SMILES string of the molecule is Cc1cc(N2CC(CBr)CC2=O)sn1. The van der Waals surface area contributed by atoms with Gasteiger partial charge < -0.3 is 4.90 Å². The number of amides is 1. The van der Waals surface area contributed by atoms with Crippen LogP contribution < -0.4 is 4.90 Å². The quantitative estimate of drug-likeness (QED) is 0.775. The molecule has 0 aromatic carbocycles. The molecule has 0 spiro atoms. The number of nitrogens with zero attached hydrogens (tertiary/aromatic N) is 2. The van der Waals surface area contributed by atoms with E-state index in [0.717, 1.165) is 22.6 Å². The number of alkyl halides is 1. The van der Waals surface area contributed by atoms with Crippen LogP contribution in [0.1, 0.15) is 12.1 Å².